The third-order valence-electron chi connectivity index (χ3n) is 3.33. The monoisotopic (exact) mass is 321 g/mol. The highest BCUT2D eigenvalue weighted by Gasteiger charge is 2.44. The molecule has 2 aliphatic heterocycles. The van der Waals surface area contributed by atoms with Crippen molar-refractivity contribution in [2.45, 2.75) is 19.6 Å². The third kappa shape index (κ3) is 2.39. The minimum Gasteiger partial charge on any atom is -0.395 e. The van der Waals surface area contributed by atoms with Crippen LogP contribution >= 0.6 is 0 Å². The number of carbonyl (C=O) groups is 1. The number of aliphatic imine (C=N–C) groups is 1. The first-order valence-corrected chi connectivity index (χ1v) is 6.65. The Kier molecular flexibility index (Phi) is 2.68. The van der Waals surface area contributed by atoms with Crippen molar-refractivity contribution in [3.63, 3.8) is 0 Å². The van der Waals surface area contributed by atoms with Crippen LogP contribution in [0.3, 0.4) is 0 Å². The van der Waals surface area contributed by atoms with E-state index in [0.717, 1.165) is 0 Å². The van der Waals surface area contributed by atoms with E-state index in [2.05, 4.69) is 24.9 Å². The molecule has 1 N–H and O–H groups in total. The predicted octanol–water partition coefficient (Wildman–Crippen LogP) is 2.32. The van der Waals surface area contributed by atoms with Gasteiger partial charge in [-0.15, -0.1) is 8.78 Å². The zero-order chi connectivity index (χ0) is 16.2. The molecule has 0 aliphatic carbocycles. The quantitative estimate of drug-likeness (QED) is 0.871. The molecule has 2 aromatic rings. The van der Waals surface area contributed by atoms with E-state index in [1.54, 1.807) is 6.92 Å². The van der Waals surface area contributed by atoms with Gasteiger partial charge in [0.05, 0.1) is 5.69 Å². The predicted molar refractivity (Wildman–Crippen MR) is 72.2 cm³/mol. The van der Waals surface area contributed by atoms with Gasteiger partial charge in [-0.2, -0.15) is 0 Å². The highest BCUT2D eigenvalue weighted by molar-refractivity contribution is 6.08. The van der Waals surface area contributed by atoms with Crippen LogP contribution in [0.1, 0.15) is 21.8 Å². The largest absolute Gasteiger partial charge is 0.586 e. The number of fused-ring (bicyclic) bond motifs is 2. The molecular weight excluding hydrogens is 312 g/mol. The number of nitrogens with zero attached hydrogens (tertiary/aromatic N) is 2. The van der Waals surface area contributed by atoms with Crippen molar-refractivity contribution in [3.05, 3.63) is 35.2 Å². The molecule has 7 nitrogen and oxygen atoms in total. The third-order valence-corrected chi connectivity index (χ3v) is 3.33. The molecular formula is C14H9F2N3O4. The van der Waals surface area contributed by atoms with Crippen LogP contribution in [0.15, 0.2) is 27.7 Å². The van der Waals surface area contributed by atoms with Gasteiger partial charge in [-0.1, -0.05) is 5.16 Å². The lowest BCUT2D eigenvalue weighted by Gasteiger charge is -2.04. The Morgan fingerprint density at radius 1 is 1.26 bits per heavy atom. The molecule has 9 heteroatoms. The minimum atomic E-state index is -3.66. The van der Waals surface area contributed by atoms with Gasteiger partial charge >= 0.3 is 6.29 Å². The molecule has 0 saturated heterocycles. The van der Waals surface area contributed by atoms with E-state index in [0.29, 0.717) is 22.8 Å². The summed E-state index contributed by atoms with van der Waals surface area (Å²) in [6.45, 7) is 1.67. The number of halogens is 2. The number of hydrogen-bond donors (Lipinski definition) is 1. The van der Waals surface area contributed by atoms with Crippen molar-refractivity contribution in [1.29, 1.82) is 0 Å². The summed E-state index contributed by atoms with van der Waals surface area (Å²) < 4.78 is 39.6. The van der Waals surface area contributed by atoms with Crippen molar-refractivity contribution in [2.24, 2.45) is 4.99 Å². The van der Waals surface area contributed by atoms with Crippen LogP contribution in [-0.2, 0) is 6.42 Å². The number of alkyl halides is 2. The molecule has 3 heterocycles. The summed E-state index contributed by atoms with van der Waals surface area (Å²) in [6.07, 6.45) is -3.39. The van der Waals surface area contributed by atoms with Crippen LogP contribution in [0.4, 0.5) is 14.5 Å². The fourth-order valence-electron chi connectivity index (χ4n) is 2.38. The molecule has 0 radical (unpaired) electrons. The Morgan fingerprint density at radius 3 is 2.70 bits per heavy atom. The van der Waals surface area contributed by atoms with Crippen LogP contribution in [0.5, 0.6) is 11.5 Å². The maximum absolute atomic E-state index is 13.0. The molecule has 4 rings (SSSR count). The van der Waals surface area contributed by atoms with E-state index < -0.39 is 12.2 Å². The molecule has 23 heavy (non-hydrogen) atoms. The number of aryl methyl sites for hydroxylation is 1. The fraction of sp³-hybridized carbons (Fsp3) is 0.214. The van der Waals surface area contributed by atoms with Gasteiger partial charge in [-0.25, -0.2) is 4.99 Å². The summed E-state index contributed by atoms with van der Waals surface area (Å²) in [5.41, 5.74) is 1.23. The van der Waals surface area contributed by atoms with E-state index in [1.807, 2.05) is 0 Å². The number of hydrogen-bond acceptors (Lipinski definition) is 6. The maximum Gasteiger partial charge on any atom is 0.586 e. The van der Waals surface area contributed by atoms with Crippen LogP contribution in [0.25, 0.3) is 0 Å². The number of ether oxygens (including phenoxy) is 2. The lowest BCUT2D eigenvalue weighted by Crippen LogP contribution is -2.30. The normalized spacial score (nSPS) is 16.9. The number of nitrogens with one attached hydrogen (secondary N) is 1. The molecule has 0 spiro atoms. The zero-order valence-corrected chi connectivity index (χ0v) is 11.7. The lowest BCUT2D eigenvalue weighted by molar-refractivity contribution is -0.286. The second-order valence-electron chi connectivity index (χ2n) is 5.11. The second-order valence-corrected chi connectivity index (χ2v) is 5.11. The van der Waals surface area contributed by atoms with Crippen LogP contribution in [0.2, 0.25) is 0 Å². The number of carbonyl (C=O) groups excluding carboxylic acids is 1. The van der Waals surface area contributed by atoms with Crippen LogP contribution in [-0.4, -0.2) is 23.2 Å². The van der Waals surface area contributed by atoms with Gasteiger partial charge in [0.2, 0.25) is 0 Å². The van der Waals surface area contributed by atoms with Gasteiger partial charge in [-0.05, 0) is 18.6 Å². The SMILES string of the molecule is Cc1cc(C(=O)NC2=Nc3cc4c(cc3C2)OC(F)(F)O4)no1. The number of benzene rings is 1. The number of amidine groups is 1. The highest BCUT2D eigenvalue weighted by atomic mass is 19.3. The first-order chi connectivity index (χ1) is 10.9. The smallest absolute Gasteiger partial charge is 0.395 e. The molecule has 2 aliphatic rings. The summed E-state index contributed by atoms with van der Waals surface area (Å²) in [7, 11) is 0. The molecule has 0 fully saturated rings. The van der Waals surface area contributed by atoms with E-state index in [9.17, 15) is 13.6 Å². The standard InChI is InChI=1S/C14H9F2N3O4/c1-6-2-9(19-23-6)13(20)18-12-4-7-3-10-11(5-8(7)17-12)22-14(15,16)21-10/h2-3,5H,4H2,1H3,(H,17,18,20). The molecule has 0 bridgehead atoms. The van der Waals surface area contributed by atoms with Crippen molar-refractivity contribution in [2.75, 3.05) is 0 Å². The molecule has 1 aromatic heterocycles. The van der Waals surface area contributed by atoms with E-state index in [4.69, 9.17) is 4.52 Å². The highest BCUT2D eigenvalue weighted by Crippen LogP contribution is 2.45. The zero-order valence-electron chi connectivity index (χ0n) is 11.7. The summed E-state index contributed by atoms with van der Waals surface area (Å²) in [5, 5.41) is 6.21. The average Bonchev–Trinajstić information content (AvgIpc) is 3.10. The van der Waals surface area contributed by atoms with Crippen molar-refractivity contribution < 1.29 is 27.6 Å². The maximum atomic E-state index is 13.0. The van der Waals surface area contributed by atoms with Gasteiger partial charge in [0.25, 0.3) is 5.91 Å². The van der Waals surface area contributed by atoms with Gasteiger partial charge in [0.1, 0.15) is 11.6 Å². The van der Waals surface area contributed by atoms with E-state index in [1.165, 1.54) is 18.2 Å². The van der Waals surface area contributed by atoms with Crippen molar-refractivity contribution in [3.8, 4) is 11.5 Å². The van der Waals surface area contributed by atoms with Crippen molar-refractivity contribution in [1.82, 2.24) is 10.5 Å². The number of amides is 1. The minimum absolute atomic E-state index is 0.0522. The Balaban J connectivity index is 1.54. The Bertz CT molecular complexity index is 860. The van der Waals surface area contributed by atoms with Gasteiger partial charge in [0, 0.05) is 18.6 Å². The molecule has 0 atom stereocenters. The lowest BCUT2D eigenvalue weighted by atomic mass is 10.1. The first kappa shape index (κ1) is 13.7. The molecule has 1 amide bonds. The summed E-state index contributed by atoms with van der Waals surface area (Å²) in [6, 6.07) is 4.27. The summed E-state index contributed by atoms with van der Waals surface area (Å²) >= 11 is 0. The van der Waals surface area contributed by atoms with E-state index >= 15 is 0 Å². The Labute approximate surface area is 127 Å². The summed E-state index contributed by atoms with van der Waals surface area (Å²) in [5.74, 6) is 0.292. The first-order valence-electron chi connectivity index (χ1n) is 6.65. The Hall–Kier alpha value is -2.97. The van der Waals surface area contributed by atoms with Gasteiger partial charge in [0.15, 0.2) is 17.2 Å². The average molecular weight is 321 g/mol. The fourth-order valence-corrected chi connectivity index (χ4v) is 2.38. The van der Waals surface area contributed by atoms with Crippen LogP contribution in [0, 0.1) is 6.92 Å². The molecule has 0 saturated carbocycles. The summed E-state index contributed by atoms with van der Waals surface area (Å²) in [4.78, 5) is 16.2. The second kappa shape index (κ2) is 4.51. The van der Waals surface area contributed by atoms with Crippen molar-refractivity contribution >= 4 is 17.4 Å². The van der Waals surface area contributed by atoms with Gasteiger partial charge < -0.3 is 19.3 Å². The topological polar surface area (TPSA) is 86.0 Å². The van der Waals surface area contributed by atoms with E-state index in [-0.39, 0.29) is 23.6 Å². The number of rotatable bonds is 1. The Morgan fingerprint density at radius 2 is 2.00 bits per heavy atom. The molecule has 1 aromatic carbocycles. The van der Waals surface area contributed by atoms with Crippen LogP contribution < -0.4 is 14.8 Å². The molecule has 118 valence electrons. The molecule has 0 unspecified atom stereocenters. The van der Waals surface area contributed by atoms with Gasteiger partial charge in [-0.3, -0.25) is 4.79 Å². The number of aromatic nitrogens is 1.